The quantitative estimate of drug-likeness (QED) is 0.761. The largest absolute Gasteiger partial charge is 0.494 e. The van der Waals surface area contributed by atoms with Gasteiger partial charge in [-0.3, -0.25) is 0 Å². The third kappa shape index (κ3) is 2.00. The molecule has 0 fully saturated rings. The summed E-state index contributed by atoms with van der Waals surface area (Å²) in [5.41, 5.74) is 4.76. The summed E-state index contributed by atoms with van der Waals surface area (Å²) >= 11 is 0. The van der Waals surface area contributed by atoms with Gasteiger partial charge in [-0.25, -0.2) is 9.36 Å². The first-order valence-corrected chi connectivity index (χ1v) is 7.93. The van der Waals surface area contributed by atoms with Gasteiger partial charge in [0.25, 0.3) is 0 Å². The lowest BCUT2D eigenvalue weighted by atomic mass is 9.94. The Balaban J connectivity index is 2.11. The van der Waals surface area contributed by atoms with E-state index in [2.05, 4.69) is 4.99 Å². The molecular formula is C20H16N2O2. The highest BCUT2D eigenvalue weighted by Gasteiger charge is 2.33. The normalized spacial score (nSPS) is 13.0. The standard InChI is InChI=1S/C20H16N2O2/c1-2-15-18-16(13-9-5-3-6-10-13)17(14-11-7-4-8-12-14)19(23)22(18)20(24)21-15/h3-12,23H,2H2,1H3. The molecule has 4 heteroatoms. The molecule has 0 bridgehead atoms. The van der Waals surface area contributed by atoms with Gasteiger partial charge in [-0.1, -0.05) is 67.6 Å². The van der Waals surface area contributed by atoms with Crippen LogP contribution in [0, 0.1) is 0 Å². The minimum atomic E-state index is -0.432. The lowest BCUT2D eigenvalue weighted by Gasteiger charge is -2.08. The topological polar surface area (TPSA) is 54.6 Å². The molecule has 4 rings (SSSR count). The third-order valence-electron chi connectivity index (χ3n) is 4.30. The molecule has 4 nitrogen and oxygen atoms in total. The molecule has 1 N–H and O–H groups in total. The number of hydrogen-bond acceptors (Lipinski definition) is 2. The Morgan fingerprint density at radius 2 is 1.46 bits per heavy atom. The summed E-state index contributed by atoms with van der Waals surface area (Å²) in [6.07, 6.45) is 0.628. The van der Waals surface area contributed by atoms with Crippen LogP contribution in [0.4, 0.5) is 4.79 Å². The number of amides is 1. The number of rotatable bonds is 3. The molecule has 118 valence electrons. The average Bonchev–Trinajstić information content (AvgIpc) is 3.12. The second kappa shape index (κ2) is 5.49. The zero-order valence-electron chi connectivity index (χ0n) is 13.2. The molecule has 0 atom stereocenters. The van der Waals surface area contributed by atoms with Crippen LogP contribution >= 0.6 is 0 Å². The molecule has 2 heterocycles. The molecule has 0 unspecified atom stereocenters. The zero-order chi connectivity index (χ0) is 16.7. The van der Waals surface area contributed by atoms with Crippen LogP contribution < -0.4 is 0 Å². The molecule has 1 aliphatic heterocycles. The fourth-order valence-corrected chi connectivity index (χ4v) is 3.25. The molecule has 0 saturated heterocycles. The number of aromatic hydroxyl groups is 1. The molecule has 0 radical (unpaired) electrons. The lowest BCUT2D eigenvalue weighted by Crippen LogP contribution is -2.04. The van der Waals surface area contributed by atoms with Crippen LogP contribution in [0.2, 0.25) is 0 Å². The van der Waals surface area contributed by atoms with Crippen molar-refractivity contribution in [2.45, 2.75) is 13.3 Å². The number of aromatic nitrogens is 1. The molecule has 1 aromatic heterocycles. The molecular weight excluding hydrogens is 300 g/mol. The van der Waals surface area contributed by atoms with Gasteiger partial charge in [-0.15, -0.1) is 0 Å². The molecule has 3 aromatic rings. The van der Waals surface area contributed by atoms with Crippen LogP contribution in [0.25, 0.3) is 22.3 Å². The molecule has 0 spiro atoms. The van der Waals surface area contributed by atoms with Gasteiger partial charge in [-0.05, 0) is 17.5 Å². The van der Waals surface area contributed by atoms with Crippen molar-refractivity contribution in [2.75, 3.05) is 0 Å². The van der Waals surface area contributed by atoms with Gasteiger partial charge in [0.15, 0.2) is 0 Å². The van der Waals surface area contributed by atoms with E-state index in [9.17, 15) is 9.90 Å². The Hall–Kier alpha value is -3.14. The van der Waals surface area contributed by atoms with E-state index in [-0.39, 0.29) is 5.88 Å². The number of aliphatic imine (C=N–C) groups is 1. The maximum absolute atomic E-state index is 12.3. The van der Waals surface area contributed by atoms with E-state index < -0.39 is 6.03 Å². The van der Waals surface area contributed by atoms with Gasteiger partial charge < -0.3 is 5.11 Å². The third-order valence-corrected chi connectivity index (χ3v) is 4.30. The van der Waals surface area contributed by atoms with Crippen molar-refractivity contribution in [2.24, 2.45) is 4.99 Å². The van der Waals surface area contributed by atoms with Crippen molar-refractivity contribution in [3.8, 4) is 28.1 Å². The zero-order valence-corrected chi connectivity index (χ0v) is 13.2. The van der Waals surface area contributed by atoms with Crippen molar-refractivity contribution in [3.05, 3.63) is 66.4 Å². The van der Waals surface area contributed by atoms with E-state index in [1.807, 2.05) is 67.6 Å². The van der Waals surface area contributed by atoms with Crippen molar-refractivity contribution in [1.82, 2.24) is 4.57 Å². The molecule has 2 aromatic carbocycles. The van der Waals surface area contributed by atoms with E-state index in [1.54, 1.807) is 0 Å². The Bertz CT molecular complexity index is 954. The molecule has 24 heavy (non-hydrogen) atoms. The van der Waals surface area contributed by atoms with Gasteiger partial charge in [-0.2, -0.15) is 4.99 Å². The van der Waals surface area contributed by atoms with E-state index in [1.165, 1.54) is 4.57 Å². The van der Waals surface area contributed by atoms with Crippen molar-refractivity contribution < 1.29 is 9.90 Å². The summed E-state index contributed by atoms with van der Waals surface area (Å²) in [7, 11) is 0. The summed E-state index contributed by atoms with van der Waals surface area (Å²) in [5, 5.41) is 10.8. The number of hydrogen-bond donors (Lipinski definition) is 1. The van der Waals surface area contributed by atoms with Crippen molar-refractivity contribution in [1.29, 1.82) is 0 Å². The first-order valence-electron chi connectivity index (χ1n) is 7.93. The number of carbonyl (C=O) groups excluding carboxylic acids is 1. The summed E-state index contributed by atoms with van der Waals surface area (Å²) in [4.78, 5) is 16.4. The van der Waals surface area contributed by atoms with Crippen LogP contribution in [-0.4, -0.2) is 21.4 Å². The van der Waals surface area contributed by atoms with Crippen LogP contribution in [0.5, 0.6) is 5.88 Å². The Morgan fingerprint density at radius 1 is 0.917 bits per heavy atom. The first kappa shape index (κ1) is 14.5. The molecule has 1 amide bonds. The monoisotopic (exact) mass is 316 g/mol. The van der Waals surface area contributed by atoms with E-state index in [0.717, 1.165) is 16.7 Å². The van der Waals surface area contributed by atoms with Gasteiger partial charge in [0.05, 0.1) is 17.0 Å². The second-order valence-electron chi connectivity index (χ2n) is 5.68. The summed E-state index contributed by atoms with van der Waals surface area (Å²) in [5.74, 6) is -0.0488. The number of nitrogens with zero attached hydrogens (tertiary/aromatic N) is 2. The van der Waals surface area contributed by atoms with Gasteiger partial charge in [0.2, 0.25) is 5.88 Å². The fourth-order valence-electron chi connectivity index (χ4n) is 3.25. The minimum absolute atomic E-state index is 0.0488. The summed E-state index contributed by atoms with van der Waals surface area (Å²) in [6, 6.07) is 19.0. The average molecular weight is 316 g/mol. The predicted molar refractivity (Wildman–Crippen MR) is 94.6 cm³/mol. The van der Waals surface area contributed by atoms with Crippen molar-refractivity contribution in [3.63, 3.8) is 0 Å². The lowest BCUT2D eigenvalue weighted by molar-refractivity contribution is 0.249. The maximum Gasteiger partial charge on any atom is 0.355 e. The Morgan fingerprint density at radius 3 is 2.00 bits per heavy atom. The molecule has 0 saturated carbocycles. The van der Waals surface area contributed by atoms with E-state index in [0.29, 0.717) is 23.4 Å². The Kier molecular flexibility index (Phi) is 3.31. The van der Waals surface area contributed by atoms with Gasteiger partial charge >= 0.3 is 6.03 Å². The van der Waals surface area contributed by atoms with Gasteiger partial charge in [0.1, 0.15) is 0 Å². The fraction of sp³-hybridized carbons (Fsp3) is 0.100. The molecule has 0 aliphatic carbocycles. The summed E-state index contributed by atoms with van der Waals surface area (Å²) in [6.45, 7) is 1.96. The van der Waals surface area contributed by atoms with Crippen LogP contribution in [0.3, 0.4) is 0 Å². The first-order chi connectivity index (χ1) is 11.7. The molecule has 1 aliphatic rings. The number of carbonyl (C=O) groups is 1. The Labute approximate surface area is 139 Å². The predicted octanol–water partition coefficient (Wildman–Crippen LogP) is 4.71. The highest BCUT2D eigenvalue weighted by atomic mass is 16.3. The number of fused-ring (bicyclic) bond motifs is 1. The SMILES string of the molecule is CCC1=NC(=O)n2c(O)c(-c3ccccc3)c(-c3ccccc3)c21. The highest BCUT2D eigenvalue weighted by molar-refractivity contribution is 6.19. The van der Waals surface area contributed by atoms with Crippen LogP contribution in [0.1, 0.15) is 19.0 Å². The number of benzene rings is 2. The second-order valence-corrected chi connectivity index (χ2v) is 5.68. The maximum atomic E-state index is 12.3. The van der Waals surface area contributed by atoms with Crippen LogP contribution in [-0.2, 0) is 0 Å². The van der Waals surface area contributed by atoms with Gasteiger partial charge in [0, 0.05) is 5.56 Å². The smallest absolute Gasteiger partial charge is 0.355 e. The van der Waals surface area contributed by atoms with E-state index >= 15 is 0 Å². The van der Waals surface area contributed by atoms with Crippen molar-refractivity contribution >= 4 is 11.7 Å². The van der Waals surface area contributed by atoms with Crippen LogP contribution in [0.15, 0.2) is 65.7 Å². The minimum Gasteiger partial charge on any atom is -0.494 e. The highest BCUT2D eigenvalue weighted by Crippen LogP contribution is 2.45. The summed E-state index contributed by atoms with van der Waals surface area (Å²) < 4.78 is 1.32. The van der Waals surface area contributed by atoms with E-state index in [4.69, 9.17) is 0 Å².